The average molecular weight is 411 g/mol. The highest BCUT2D eigenvalue weighted by atomic mass is 16.6. The highest BCUT2D eigenvalue weighted by molar-refractivity contribution is 5.78. The number of nitrogens with one attached hydrogen (secondary N) is 1. The zero-order chi connectivity index (χ0) is 21.5. The van der Waals surface area contributed by atoms with E-state index in [2.05, 4.69) is 53.2 Å². The van der Waals surface area contributed by atoms with Gasteiger partial charge in [0.2, 0.25) is 5.91 Å². The number of nitro benzene ring substituents is 1. The number of amides is 1. The minimum atomic E-state index is -0.416. The van der Waals surface area contributed by atoms with Crippen LogP contribution in [0, 0.1) is 10.1 Å². The molecule has 0 radical (unpaired) electrons. The second-order valence-electron chi connectivity index (χ2n) is 7.75. The van der Waals surface area contributed by atoms with Crippen molar-refractivity contribution in [3.8, 4) is 0 Å². The molecule has 2 unspecified atom stereocenters. The molecule has 1 amide bonds. The average Bonchev–Trinajstić information content (AvgIpc) is 3.26. The fourth-order valence-electron chi connectivity index (χ4n) is 4.13. The molecule has 30 heavy (non-hydrogen) atoms. The van der Waals surface area contributed by atoms with E-state index in [0.29, 0.717) is 24.2 Å². The summed E-state index contributed by atoms with van der Waals surface area (Å²) in [6.45, 7) is 7.49. The van der Waals surface area contributed by atoms with Gasteiger partial charge in [0.15, 0.2) is 0 Å². The molecule has 1 aliphatic heterocycles. The fourth-order valence-corrected chi connectivity index (χ4v) is 4.13. The molecule has 2 atom stereocenters. The van der Waals surface area contributed by atoms with Crippen molar-refractivity contribution in [1.29, 1.82) is 0 Å². The van der Waals surface area contributed by atoms with Gasteiger partial charge >= 0.3 is 0 Å². The van der Waals surface area contributed by atoms with Gasteiger partial charge in [-0.1, -0.05) is 55.5 Å². The summed E-state index contributed by atoms with van der Waals surface area (Å²) in [7, 11) is 0. The number of benzene rings is 2. The number of likely N-dealkylation sites (tertiary alicyclic amines) is 1. The first-order chi connectivity index (χ1) is 14.5. The van der Waals surface area contributed by atoms with Crippen LogP contribution in [0.2, 0.25) is 0 Å². The molecule has 3 rings (SSSR count). The predicted molar refractivity (Wildman–Crippen MR) is 117 cm³/mol. The van der Waals surface area contributed by atoms with Crippen LogP contribution >= 0.6 is 0 Å². The molecule has 0 saturated carbocycles. The fraction of sp³-hybridized carbons (Fsp3) is 0.435. The number of hydrogen-bond donors (Lipinski definition) is 1. The maximum atomic E-state index is 12.5. The Morgan fingerprint density at radius 2 is 1.93 bits per heavy atom. The summed E-state index contributed by atoms with van der Waals surface area (Å²) in [5.74, 6) is -0.107. The third kappa shape index (κ3) is 5.43. The van der Waals surface area contributed by atoms with Crippen molar-refractivity contribution in [2.75, 3.05) is 26.2 Å². The molecule has 1 N–H and O–H groups in total. The number of carbonyl (C=O) groups excluding carboxylic acids is 1. The van der Waals surface area contributed by atoms with Crippen molar-refractivity contribution in [2.45, 2.75) is 38.9 Å². The Morgan fingerprint density at radius 1 is 1.23 bits per heavy atom. The SMILES string of the molecule is CCN(CC(=O)NCc1ccccc1[N+](=O)[O-])C1CCN(C(C)c2ccccc2)C1. The van der Waals surface area contributed by atoms with Crippen LogP contribution in [0.15, 0.2) is 54.6 Å². The van der Waals surface area contributed by atoms with Gasteiger partial charge in [-0.05, 0) is 25.5 Å². The second-order valence-corrected chi connectivity index (χ2v) is 7.75. The summed E-state index contributed by atoms with van der Waals surface area (Å²) in [5.41, 5.74) is 1.86. The van der Waals surface area contributed by atoms with E-state index in [4.69, 9.17) is 0 Å². The van der Waals surface area contributed by atoms with Crippen LogP contribution < -0.4 is 5.32 Å². The van der Waals surface area contributed by atoms with Crippen LogP contribution in [0.4, 0.5) is 5.69 Å². The first kappa shape index (κ1) is 21.9. The van der Waals surface area contributed by atoms with Crippen LogP contribution in [0.1, 0.15) is 37.4 Å². The first-order valence-corrected chi connectivity index (χ1v) is 10.5. The summed E-state index contributed by atoms with van der Waals surface area (Å²) in [6.07, 6.45) is 1.03. The smallest absolute Gasteiger partial charge is 0.274 e. The van der Waals surface area contributed by atoms with Gasteiger partial charge in [-0.25, -0.2) is 0 Å². The van der Waals surface area contributed by atoms with Crippen molar-refractivity contribution in [1.82, 2.24) is 15.1 Å². The van der Waals surface area contributed by atoms with Crippen LogP contribution in [-0.2, 0) is 11.3 Å². The lowest BCUT2D eigenvalue weighted by molar-refractivity contribution is -0.385. The topological polar surface area (TPSA) is 78.7 Å². The molecule has 0 aliphatic carbocycles. The molecule has 2 aromatic carbocycles. The number of carbonyl (C=O) groups is 1. The highest BCUT2D eigenvalue weighted by Crippen LogP contribution is 2.26. The Balaban J connectivity index is 1.53. The van der Waals surface area contributed by atoms with Gasteiger partial charge in [0.1, 0.15) is 0 Å². The van der Waals surface area contributed by atoms with E-state index in [-0.39, 0.29) is 18.1 Å². The quantitative estimate of drug-likeness (QED) is 0.507. The molecule has 1 fully saturated rings. The van der Waals surface area contributed by atoms with Gasteiger partial charge in [0.25, 0.3) is 5.69 Å². The highest BCUT2D eigenvalue weighted by Gasteiger charge is 2.30. The lowest BCUT2D eigenvalue weighted by Crippen LogP contribution is -2.44. The number of likely N-dealkylation sites (N-methyl/N-ethyl adjacent to an activating group) is 1. The summed E-state index contributed by atoms with van der Waals surface area (Å²) in [5, 5.41) is 14.0. The molecular weight excluding hydrogens is 380 g/mol. The molecule has 1 saturated heterocycles. The van der Waals surface area contributed by atoms with Gasteiger partial charge in [0.05, 0.1) is 11.5 Å². The first-order valence-electron chi connectivity index (χ1n) is 10.5. The number of nitrogens with zero attached hydrogens (tertiary/aromatic N) is 3. The Hall–Kier alpha value is -2.77. The van der Waals surface area contributed by atoms with Crippen LogP contribution in [0.5, 0.6) is 0 Å². The third-order valence-corrected chi connectivity index (χ3v) is 5.96. The Morgan fingerprint density at radius 3 is 2.63 bits per heavy atom. The number of nitro groups is 1. The molecule has 0 spiro atoms. The van der Waals surface area contributed by atoms with Crippen molar-refractivity contribution in [2.24, 2.45) is 0 Å². The van der Waals surface area contributed by atoms with E-state index < -0.39 is 4.92 Å². The van der Waals surface area contributed by atoms with Crippen molar-refractivity contribution in [3.63, 3.8) is 0 Å². The summed E-state index contributed by atoms with van der Waals surface area (Å²) < 4.78 is 0. The van der Waals surface area contributed by atoms with E-state index in [1.165, 1.54) is 11.6 Å². The normalized spacial score (nSPS) is 17.8. The van der Waals surface area contributed by atoms with Gasteiger partial charge in [-0.15, -0.1) is 0 Å². The molecule has 2 aromatic rings. The van der Waals surface area contributed by atoms with Crippen LogP contribution in [0.3, 0.4) is 0 Å². The summed E-state index contributed by atoms with van der Waals surface area (Å²) in [6, 6.07) is 17.7. The number of para-hydroxylation sites is 1. The van der Waals surface area contributed by atoms with Gasteiger partial charge < -0.3 is 5.32 Å². The van der Waals surface area contributed by atoms with Crippen molar-refractivity contribution in [3.05, 3.63) is 75.8 Å². The van der Waals surface area contributed by atoms with Gasteiger partial charge in [0, 0.05) is 43.3 Å². The minimum absolute atomic E-state index is 0.0338. The molecule has 1 aliphatic rings. The minimum Gasteiger partial charge on any atom is -0.351 e. The van der Waals surface area contributed by atoms with E-state index in [1.807, 2.05) is 6.07 Å². The van der Waals surface area contributed by atoms with E-state index in [9.17, 15) is 14.9 Å². The lowest BCUT2D eigenvalue weighted by Gasteiger charge is -2.29. The van der Waals surface area contributed by atoms with E-state index in [1.54, 1.807) is 18.2 Å². The summed E-state index contributed by atoms with van der Waals surface area (Å²) >= 11 is 0. The molecule has 160 valence electrons. The second kappa shape index (κ2) is 10.3. The molecule has 7 heteroatoms. The van der Waals surface area contributed by atoms with Crippen LogP contribution in [0.25, 0.3) is 0 Å². The monoisotopic (exact) mass is 410 g/mol. The molecule has 0 bridgehead atoms. The maximum absolute atomic E-state index is 12.5. The number of rotatable bonds is 9. The Labute approximate surface area is 177 Å². The van der Waals surface area contributed by atoms with Gasteiger partial charge in [-0.3, -0.25) is 24.7 Å². The number of hydrogen-bond acceptors (Lipinski definition) is 5. The zero-order valence-corrected chi connectivity index (χ0v) is 17.7. The van der Waals surface area contributed by atoms with Crippen molar-refractivity contribution < 1.29 is 9.72 Å². The molecule has 1 heterocycles. The predicted octanol–water partition coefficient (Wildman–Crippen LogP) is 3.37. The van der Waals surface area contributed by atoms with Gasteiger partial charge in [-0.2, -0.15) is 0 Å². The van der Waals surface area contributed by atoms with Crippen molar-refractivity contribution >= 4 is 11.6 Å². The molecule has 7 nitrogen and oxygen atoms in total. The Kier molecular flexibility index (Phi) is 7.54. The largest absolute Gasteiger partial charge is 0.351 e. The van der Waals surface area contributed by atoms with E-state index in [0.717, 1.165) is 26.1 Å². The molecule has 0 aromatic heterocycles. The summed E-state index contributed by atoms with van der Waals surface area (Å²) in [4.78, 5) is 27.9. The standard InChI is InChI=1S/C23H30N4O3/c1-3-25(17-23(28)24-15-20-11-7-8-12-22(20)27(29)30)21-13-14-26(16-21)18(2)19-9-5-4-6-10-19/h4-12,18,21H,3,13-17H2,1-2H3,(H,24,28). The Bertz CT molecular complexity index is 859. The maximum Gasteiger partial charge on any atom is 0.274 e. The third-order valence-electron chi connectivity index (χ3n) is 5.96. The molecular formula is C23H30N4O3. The van der Waals surface area contributed by atoms with Crippen LogP contribution in [-0.4, -0.2) is 52.9 Å². The lowest BCUT2D eigenvalue weighted by atomic mass is 10.1. The zero-order valence-electron chi connectivity index (χ0n) is 17.7. The van der Waals surface area contributed by atoms with E-state index >= 15 is 0 Å².